The fourth-order valence-electron chi connectivity index (χ4n) is 2.08. The molecule has 0 radical (unpaired) electrons. The SMILES string of the molecule is OC(CNc1ccnc(Nc2ccccc2Cl)n1)c1ccccn1. The van der Waals surface area contributed by atoms with Gasteiger partial charge in [0.25, 0.3) is 0 Å². The van der Waals surface area contributed by atoms with Crippen molar-refractivity contribution in [2.24, 2.45) is 0 Å². The maximum Gasteiger partial charge on any atom is 0.229 e. The van der Waals surface area contributed by atoms with E-state index in [4.69, 9.17) is 11.6 Å². The Kier molecular flexibility index (Phi) is 5.20. The number of pyridine rings is 1. The lowest BCUT2D eigenvalue weighted by Crippen LogP contribution is -2.14. The highest BCUT2D eigenvalue weighted by Gasteiger charge is 2.09. The number of anilines is 3. The second-order valence-electron chi connectivity index (χ2n) is 5.02. The fourth-order valence-corrected chi connectivity index (χ4v) is 2.26. The molecule has 0 aliphatic heterocycles. The van der Waals surface area contributed by atoms with Crippen molar-refractivity contribution < 1.29 is 5.11 Å². The van der Waals surface area contributed by atoms with Crippen LogP contribution in [0.2, 0.25) is 5.02 Å². The fraction of sp³-hybridized carbons (Fsp3) is 0.118. The minimum Gasteiger partial charge on any atom is -0.385 e. The van der Waals surface area contributed by atoms with Crippen LogP contribution < -0.4 is 10.6 Å². The first-order chi connectivity index (χ1) is 11.7. The lowest BCUT2D eigenvalue weighted by atomic mass is 10.2. The number of para-hydroxylation sites is 1. The van der Waals surface area contributed by atoms with E-state index in [9.17, 15) is 5.11 Å². The summed E-state index contributed by atoms with van der Waals surface area (Å²) >= 11 is 6.11. The van der Waals surface area contributed by atoms with Gasteiger partial charge >= 0.3 is 0 Å². The van der Waals surface area contributed by atoms with Crippen molar-refractivity contribution in [1.29, 1.82) is 0 Å². The zero-order valence-electron chi connectivity index (χ0n) is 12.7. The number of aromatic nitrogens is 3. The normalized spacial score (nSPS) is 11.8. The van der Waals surface area contributed by atoms with E-state index in [1.807, 2.05) is 24.3 Å². The van der Waals surface area contributed by atoms with E-state index in [0.29, 0.717) is 29.0 Å². The highest BCUT2D eigenvalue weighted by Crippen LogP contribution is 2.23. The molecule has 0 bridgehead atoms. The van der Waals surface area contributed by atoms with Crippen molar-refractivity contribution in [2.45, 2.75) is 6.10 Å². The molecule has 1 atom stereocenters. The molecule has 0 aliphatic carbocycles. The molecule has 2 heterocycles. The summed E-state index contributed by atoms with van der Waals surface area (Å²) in [7, 11) is 0. The van der Waals surface area contributed by atoms with E-state index in [2.05, 4.69) is 25.6 Å². The number of benzene rings is 1. The van der Waals surface area contributed by atoms with Gasteiger partial charge in [0.15, 0.2) is 0 Å². The van der Waals surface area contributed by atoms with Gasteiger partial charge in [-0.05, 0) is 30.3 Å². The summed E-state index contributed by atoms with van der Waals surface area (Å²) in [5.74, 6) is 1.01. The average Bonchev–Trinajstić information content (AvgIpc) is 2.63. The van der Waals surface area contributed by atoms with Crippen LogP contribution in [-0.2, 0) is 0 Å². The molecule has 7 heteroatoms. The van der Waals surface area contributed by atoms with E-state index in [1.54, 1.807) is 36.7 Å². The maximum absolute atomic E-state index is 10.1. The van der Waals surface area contributed by atoms with Crippen molar-refractivity contribution in [1.82, 2.24) is 15.0 Å². The molecule has 0 saturated heterocycles. The Morgan fingerprint density at radius 1 is 1.00 bits per heavy atom. The van der Waals surface area contributed by atoms with Crippen molar-refractivity contribution in [3.8, 4) is 0 Å². The second kappa shape index (κ2) is 7.72. The van der Waals surface area contributed by atoms with Gasteiger partial charge in [-0.2, -0.15) is 4.98 Å². The average molecular weight is 342 g/mol. The largest absolute Gasteiger partial charge is 0.385 e. The molecular formula is C17H16ClN5O. The lowest BCUT2D eigenvalue weighted by molar-refractivity contribution is 0.186. The van der Waals surface area contributed by atoms with Gasteiger partial charge in [-0.25, -0.2) is 4.98 Å². The third kappa shape index (κ3) is 4.18. The first-order valence-corrected chi connectivity index (χ1v) is 7.77. The standard InChI is InChI=1S/C17H16ClN5O/c18-12-5-1-2-6-13(12)22-17-20-10-8-16(23-17)21-11-15(24)14-7-3-4-9-19-14/h1-10,15,24H,11H2,(H2,20,21,22,23). The van der Waals surface area contributed by atoms with Crippen LogP contribution in [0.1, 0.15) is 11.8 Å². The zero-order chi connectivity index (χ0) is 16.8. The Balaban J connectivity index is 1.64. The summed E-state index contributed by atoms with van der Waals surface area (Å²) in [6, 6.07) is 14.5. The quantitative estimate of drug-likeness (QED) is 0.637. The highest BCUT2D eigenvalue weighted by atomic mass is 35.5. The Bertz CT molecular complexity index is 800. The number of nitrogens with zero attached hydrogens (tertiary/aromatic N) is 3. The van der Waals surface area contributed by atoms with E-state index in [0.717, 1.165) is 5.69 Å². The minimum absolute atomic E-state index is 0.291. The van der Waals surface area contributed by atoms with E-state index >= 15 is 0 Å². The van der Waals surface area contributed by atoms with Gasteiger partial charge in [-0.3, -0.25) is 4.98 Å². The molecule has 0 saturated carbocycles. The molecule has 24 heavy (non-hydrogen) atoms. The number of nitrogens with one attached hydrogen (secondary N) is 2. The van der Waals surface area contributed by atoms with Crippen molar-refractivity contribution in [3.05, 3.63) is 71.6 Å². The highest BCUT2D eigenvalue weighted by molar-refractivity contribution is 6.33. The van der Waals surface area contributed by atoms with Gasteiger partial charge in [0.05, 0.1) is 16.4 Å². The number of rotatable bonds is 6. The van der Waals surface area contributed by atoms with Crippen LogP contribution in [0.4, 0.5) is 17.5 Å². The predicted molar refractivity (Wildman–Crippen MR) is 94.5 cm³/mol. The lowest BCUT2D eigenvalue weighted by Gasteiger charge is -2.12. The number of halogens is 1. The minimum atomic E-state index is -0.721. The second-order valence-corrected chi connectivity index (χ2v) is 5.43. The van der Waals surface area contributed by atoms with Crippen molar-refractivity contribution in [3.63, 3.8) is 0 Å². The summed E-state index contributed by atoms with van der Waals surface area (Å²) in [6.45, 7) is 0.291. The Hall–Kier alpha value is -2.70. The van der Waals surface area contributed by atoms with Crippen LogP contribution in [0.15, 0.2) is 60.9 Å². The number of aliphatic hydroxyl groups is 1. The molecule has 1 unspecified atom stereocenters. The topological polar surface area (TPSA) is 83.0 Å². The van der Waals surface area contributed by atoms with Gasteiger partial charge in [0.1, 0.15) is 11.9 Å². The summed E-state index contributed by atoms with van der Waals surface area (Å²) in [5.41, 5.74) is 1.33. The van der Waals surface area contributed by atoms with Crippen LogP contribution in [-0.4, -0.2) is 26.6 Å². The van der Waals surface area contributed by atoms with E-state index in [1.165, 1.54) is 0 Å². The number of aliphatic hydroxyl groups excluding tert-OH is 1. The van der Waals surface area contributed by atoms with E-state index < -0.39 is 6.10 Å². The molecule has 3 N–H and O–H groups in total. The van der Waals surface area contributed by atoms with E-state index in [-0.39, 0.29) is 0 Å². The molecule has 2 aromatic heterocycles. The molecule has 3 rings (SSSR count). The smallest absolute Gasteiger partial charge is 0.229 e. The van der Waals surface area contributed by atoms with Crippen LogP contribution in [0.5, 0.6) is 0 Å². The van der Waals surface area contributed by atoms with Crippen LogP contribution in [0.25, 0.3) is 0 Å². The van der Waals surface area contributed by atoms with Gasteiger partial charge in [0, 0.05) is 18.9 Å². The predicted octanol–water partition coefficient (Wildman–Crippen LogP) is 3.41. The summed E-state index contributed by atoms with van der Waals surface area (Å²) in [4.78, 5) is 12.6. The number of hydrogen-bond donors (Lipinski definition) is 3. The van der Waals surface area contributed by atoms with Crippen molar-refractivity contribution in [2.75, 3.05) is 17.2 Å². The molecule has 3 aromatic rings. The van der Waals surface area contributed by atoms with Gasteiger partial charge < -0.3 is 15.7 Å². The molecule has 122 valence electrons. The van der Waals surface area contributed by atoms with Crippen molar-refractivity contribution >= 4 is 29.1 Å². The molecule has 1 aromatic carbocycles. The number of hydrogen-bond acceptors (Lipinski definition) is 6. The Morgan fingerprint density at radius 3 is 2.62 bits per heavy atom. The first-order valence-electron chi connectivity index (χ1n) is 7.40. The molecular weight excluding hydrogens is 326 g/mol. The van der Waals surface area contributed by atoms with Crippen LogP contribution in [0, 0.1) is 0 Å². The summed E-state index contributed by atoms with van der Waals surface area (Å²) < 4.78 is 0. The Labute approximate surface area is 144 Å². The third-order valence-corrected chi connectivity index (χ3v) is 3.61. The first kappa shape index (κ1) is 16.2. The zero-order valence-corrected chi connectivity index (χ0v) is 13.5. The summed E-state index contributed by atoms with van der Waals surface area (Å²) in [5, 5.41) is 16.8. The van der Waals surface area contributed by atoms with Gasteiger partial charge in [-0.15, -0.1) is 0 Å². The maximum atomic E-state index is 10.1. The van der Waals surface area contributed by atoms with Crippen LogP contribution >= 0.6 is 11.6 Å². The molecule has 0 fully saturated rings. The third-order valence-electron chi connectivity index (χ3n) is 3.28. The van der Waals surface area contributed by atoms with Gasteiger partial charge in [-0.1, -0.05) is 29.8 Å². The molecule has 0 spiro atoms. The molecule has 6 nitrogen and oxygen atoms in total. The Morgan fingerprint density at radius 2 is 1.83 bits per heavy atom. The van der Waals surface area contributed by atoms with Crippen LogP contribution in [0.3, 0.4) is 0 Å². The molecule has 0 amide bonds. The van der Waals surface area contributed by atoms with Gasteiger partial charge in [0.2, 0.25) is 5.95 Å². The monoisotopic (exact) mass is 341 g/mol. The molecule has 0 aliphatic rings. The summed E-state index contributed by atoms with van der Waals surface area (Å²) in [6.07, 6.45) is 2.55.